The summed E-state index contributed by atoms with van der Waals surface area (Å²) in [5, 5.41) is 15.6. The van der Waals surface area contributed by atoms with Crippen molar-refractivity contribution in [2.24, 2.45) is 0 Å². The van der Waals surface area contributed by atoms with Gasteiger partial charge >= 0.3 is 0 Å². The second-order valence-electron chi connectivity index (χ2n) is 15.9. The number of aliphatic hydroxyl groups is 1. The van der Waals surface area contributed by atoms with Gasteiger partial charge in [-0.15, -0.1) is 0 Å². The fourth-order valence-corrected chi connectivity index (χ4v) is 8.77. The molecule has 0 unspecified atom stereocenters. The first-order valence-electron chi connectivity index (χ1n) is 21.1. The molecule has 0 saturated heterocycles. The molecule has 10 aromatic rings. The van der Waals surface area contributed by atoms with Gasteiger partial charge in [0.15, 0.2) is 11.6 Å². The molecule has 294 valence electrons. The minimum Gasteiger partial charge on any atom is -0.510 e. The van der Waals surface area contributed by atoms with Crippen molar-refractivity contribution in [3.63, 3.8) is 0 Å². The molecule has 0 aliphatic carbocycles. The number of aromatic nitrogens is 5. The average Bonchev–Trinajstić information content (AvgIpc) is 3.86. The number of aliphatic hydroxyl groups excluding tert-OH is 1. The van der Waals surface area contributed by atoms with Crippen molar-refractivity contribution >= 4 is 72.7 Å². The second kappa shape index (κ2) is 15.8. The van der Waals surface area contributed by atoms with Crippen LogP contribution in [-0.4, -0.2) is 52.7 Å². The lowest BCUT2D eigenvalue weighted by atomic mass is 9.71. The van der Waals surface area contributed by atoms with Crippen LogP contribution >= 0.6 is 0 Å². The molecule has 0 aliphatic heterocycles. The Hall–Kier alpha value is -7.64. The van der Waals surface area contributed by atoms with Crippen molar-refractivity contribution in [2.45, 2.75) is 13.3 Å². The lowest BCUT2D eigenvalue weighted by Crippen LogP contribution is -2.08. The third-order valence-electron chi connectivity index (χ3n) is 12.3. The Balaban J connectivity index is 1.29. The van der Waals surface area contributed by atoms with Gasteiger partial charge in [0.1, 0.15) is 23.5 Å². The molecular weight excluding hydrogens is 755 g/mol. The molecule has 0 spiro atoms. The highest BCUT2D eigenvalue weighted by atomic mass is 16.3. The minimum absolute atomic E-state index is 0.305. The van der Waals surface area contributed by atoms with Crippen LogP contribution in [0.5, 0.6) is 0 Å². The third kappa shape index (κ3) is 6.45. The van der Waals surface area contributed by atoms with Crippen LogP contribution in [0, 0.1) is 0 Å². The first-order valence-corrected chi connectivity index (χ1v) is 21.1. The van der Waals surface area contributed by atoms with Crippen molar-refractivity contribution in [3.8, 4) is 45.5 Å². The predicted octanol–water partition coefficient (Wildman–Crippen LogP) is 10.4. The topological polar surface area (TPSA) is 68.8 Å². The zero-order chi connectivity index (χ0) is 42.5. The normalized spacial score (nSPS) is 12.5. The van der Waals surface area contributed by atoms with Gasteiger partial charge < -0.3 is 9.67 Å². The molecule has 62 heavy (non-hydrogen) atoms. The van der Waals surface area contributed by atoms with Crippen LogP contribution < -0.4 is 0 Å². The molecule has 7 aromatic carbocycles. The molecule has 0 fully saturated rings. The Bertz CT molecular complexity index is 3460. The number of nitrogens with zero attached hydrogens (tertiary/aromatic N) is 5. The Morgan fingerprint density at radius 1 is 0.532 bits per heavy atom. The Kier molecular flexibility index (Phi) is 9.80. The summed E-state index contributed by atoms with van der Waals surface area (Å²) in [4.78, 5) is 16.0. The van der Waals surface area contributed by atoms with Crippen LogP contribution in [0.1, 0.15) is 18.9 Å². The molecule has 0 amide bonds. The standard InChI is InChI=1S/C53H42B3N5O/c1-3-43(54)50(62)47(56)46(55)32(2)37-23-10-11-26-42(37)52-57-51(34-19-8-5-9-20-34)58-53(59-52)61-45-28-15-13-25-39(45)41-30-29-40-38-24-12-14-27-44(38)60(48(40)49(41)61)36-22-16-21-35(31-36)33-17-6-4-7-18-33/h4-31,62H,2-3,54-56H2,1H3/b47-46-,50-43-. The smallest absolute Gasteiger partial charge is 0.238 e. The van der Waals surface area contributed by atoms with E-state index in [-0.39, 0.29) is 0 Å². The second-order valence-corrected chi connectivity index (χ2v) is 15.9. The van der Waals surface area contributed by atoms with Crippen LogP contribution in [0.4, 0.5) is 0 Å². The number of allylic oxidation sites excluding steroid dienone is 4. The van der Waals surface area contributed by atoms with Crippen LogP contribution in [-0.2, 0) is 0 Å². The zero-order valence-corrected chi connectivity index (χ0v) is 35.3. The monoisotopic (exact) mass is 797 g/mol. The average molecular weight is 797 g/mol. The van der Waals surface area contributed by atoms with E-state index in [4.69, 9.17) is 15.0 Å². The van der Waals surface area contributed by atoms with Gasteiger partial charge in [-0.3, -0.25) is 4.57 Å². The van der Waals surface area contributed by atoms with Gasteiger partial charge in [0.25, 0.3) is 0 Å². The predicted molar refractivity (Wildman–Crippen MR) is 266 cm³/mol. The van der Waals surface area contributed by atoms with Gasteiger partial charge in [0.05, 0.1) is 27.8 Å². The first-order chi connectivity index (χ1) is 30.3. The number of rotatable bonds is 9. The molecule has 1 N–H and O–H groups in total. The van der Waals surface area contributed by atoms with E-state index in [0.717, 1.165) is 106 Å². The number of para-hydroxylation sites is 2. The van der Waals surface area contributed by atoms with Crippen molar-refractivity contribution in [1.82, 2.24) is 24.1 Å². The maximum Gasteiger partial charge on any atom is 0.238 e. The number of fused-ring (bicyclic) bond motifs is 7. The molecule has 0 bridgehead atoms. The van der Waals surface area contributed by atoms with E-state index in [1.165, 1.54) is 0 Å². The van der Waals surface area contributed by atoms with E-state index >= 15 is 0 Å². The fraction of sp³-hybridized carbons (Fsp3) is 0.0377. The molecule has 3 heterocycles. The van der Waals surface area contributed by atoms with Gasteiger partial charge in [-0.05, 0) is 52.9 Å². The highest BCUT2D eigenvalue weighted by Gasteiger charge is 2.24. The summed E-state index contributed by atoms with van der Waals surface area (Å²) in [7, 11) is 5.93. The Morgan fingerprint density at radius 2 is 1.08 bits per heavy atom. The Labute approximate surface area is 363 Å². The maximum atomic E-state index is 11.1. The largest absolute Gasteiger partial charge is 0.510 e. The van der Waals surface area contributed by atoms with Crippen molar-refractivity contribution in [3.05, 3.63) is 204 Å². The molecular formula is C53H42B3N5O. The molecule has 0 atom stereocenters. The van der Waals surface area contributed by atoms with Crippen molar-refractivity contribution in [1.29, 1.82) is 0 Å². The summed E-state index contributed by atoms with van der Waals surface area (Å²) in [6, 6.07) is 59.2. The molecule has 3 aromatic heterocycles. The molecule has 6 nitrogen and oxygen atoms in total. The molecule has 0 radical (unpaired) electrons. The highest BCUT2D eigenvalue weighted by Crippen LogP contribution is 2.42. The maximum absolute atomic E-state index is 11.1. The lowest BCUT2D eigenvalue weighted by molar-refractivity contribution is 0.424. The molecule has 0 aliphatic rings. The van der Waals surface area contributed by atoms with E-state index in [9.17, 15) is 5.11 Å². The summed E-state index contributed by atoms with van der Waals surface area (Å²) < 4.78 is 4.63. The minimum atomic E-state index is 0.305. The van der Waals surface area contributed by atoms with E-state index < -0.39 is 0 Å². The summed E-state index contributed by atoms with van der Waals surface area (Å²) in [6.45, 7) is 6.63. The fourth-order valence-electron chi connectivity index (χ4n) is 8.77. The summed E-state index contributed by atoms with van der Waals surface area (Å²) in [5.41, 5.74) is 13.5. The number of hydrogen-bond acceptors (Lipinski definition) is 4. The SMILES string of the molecule is B/C(C(=C)c1ccccc1-c1nc(-c2ccccc2)nc(-n2c3ccccc3c3ccc4c5ccccc5n(-c5cccc(-c6ccccc6)c5)c4c32)n1)=C(B)/C(O)=C(/B)CC. The number of benzene rings is 7. The summed E-state index contributed by atoms with van der Waals surface area (Å²) in [5.74, 6) is 1.89. The third-order valence-corrected chi connectivity index (χ3v) is 12.3. The van der Waals surface area contributed by atoms with Crippen LogP contribution in [0.3, 0.4) is 0 Å². The highest BCUT2D eigenvalue weighted by molar-refractivity contribution is 6.39. The first kappa shape index (κ1) is 38.6. The molecule has 0 saturated carbocycles. The van der Waals surface area contributed by atoms with Crippen molar-refractivity contribution in [2.75, 3.05) is 0 Å². The van der Waals surface area contributed by atoms with Crippen molar-refractivity contribution < 1.29 is 5.11 Å². The summed E-state index contributed by atoms with van der Waals surface area (Å²) >= 11 is 0. The number of hydrogen-bond donors (Lipinski definition) is 1. The molecule has 10 rings (SSSR count). The van der Waals surface area contributed by atoms with Gasteiger partial charge in [0.2, 0.25) is 5.95 Å². The van der Waals surface area contributed by atoms with E-state index in [1.54, 1.807) is 0 Å². The molecule has 9 heteroatoms. The summed E-state index contributed by atoms with van der Waals surface area (Å²) in [6.07, 6.45) is 0.755. The van der Waals surface area contributed by atoms with Crippen LogP contribution in [0.25, 0.3) is 94.7 Å². The van der Waals surface area contributed by atoms with Gasteiger partial charge in [-0.2, -0.15) is 9.97 Å². The van der Waals surface area contributed by atoms with Gasteiger partial charge in [-0.1, -0.05) is 176 Å². The Morgan fingerprint density at radius 3 is 1.76 bits per heavy atom. The van der Waals surface area contributed by atoms with Gasteiger partial charge in [-0.25, -0.2) is 4.98 Å². The quantitative estimate of drug-likeness (QED) is 0.0897. The van der Waals surface area contributed by atoms with Crippen LogP contribution in [0.2, 0.25) is 0 Å². The lowest BCUT2D eigenvalue weighted by Gasteiger charge is -2.17. The van der Waals surface area contributed by atoms with E-state index in [1.807, 2.05) is 79.0 Å². The zero-order valence-electron chi connectivity index (χ0n) is 35.3. The van der Waals surface area contributed by atoms with Gasteiger partial charge in [0, 0.05) is 38.4 Å². The van der Waals surface area contributed by atoms with E-state index in [0.29, 0.717) is 23.4 Å². The van der Waals surface area contributed by atoms with Crippen LogP contribution in [0.15, 0.2) is 199 Å². The van der Waals surface area contributed by atoms with E-state index in [2.05, 4.69) is 137 Å².